The molecule has 33 nitrogen and oxygen atoms in total. The van der Waals surface area contributed by atoms with Crippen molar-refractivity contribution in [3.63, 3.8) is 0 Å². The summed E-state index contributed by atoms with van der Waals surface area (Å²) in [7, 11) is -18.8. The topological polar surface area (TPSA) is 456 Å². The van der Waals surface area contributed by atoms with Gasteiger partial charge in [0.2, 0.25) is 0 Å². The van der Waals surface area contributed by atoms with E-state index in [4.69, 9.17) is 42.6 Å². The standard InChI is InChI=1S/C23H27N2O15P3.C23H24N2O6.C22H37BrN2O6Si/c26-19-10-21(38-20(19)14-37-42(32,33)40-43(34,35)39-41(29,30)31)25-11-17(22(27)24-23(25)28)13-36-12-16-8-4-5-9-18(16)15-6-2-1-3-7-15;26-12-20-19(27)10-21(31-20)25-11-17(22(28)24-23(25)29)14-30-13-16-8-4-5-9-18(16)15-6-2-1-3-7-15;1-10-15-16(31-32(8,9)22(5,6)7)11-17(29-15)24-13-14(12-23)18(26)25(19(24)27)20(28)30-21(2,3)4/h1-9,11,19-21,26H,10,12-14H2,(H,32,33)(H,34,35)(H,24,27,28)(H2,29,30,31);1-9,11,19-21,26-27H,10,12-14H2,(H,24,28,29);13,15-17H,10-12H2,1-9H3/t2*19?,20-,21-;15-,16?,17-/m111/s1. The number of H-pyrrole nitrogens is 2. The van der Waals surface area contributed by atoms with Gasteiger partial charge in [0.1, 0.15) is 36.5 Å². The number of nitrogens with zero attached hydrogens (tertiary/aromatic N) is 4. The number of halogens is 1. The summed E-state index contributed by atoms with van der Waals surface area (Å²) >= 11 is 3.28. The van der Waals surface area contributed by atoms with Crippen molar-refractivity contribution in [3.8, 4) is 22.3 Å². The third kappa shape index (κ3) is 22.9. The van der Waals surface area contributed by atoms with Gasteiger partial charge in [0.15, 0.2) is 8.32 Å². The number of carbonyl (C=O) groups excluding carboxylic acids is 1. The molecule has 106 heavy (non-hydrogen) atoms. The number of hydrogen-bond donors (Lipinski definition) is 9. The molecule has 0 spiro atoms. The summed E-state index contributed by atoms with van der Waals surface area (Å²) in [5, 5.41) is 29.7. The summed E-state index contributed by atoms with van der Waals surface area (Å²) in [6.45, 7) is 16.9. The fourth-order valence-corrected chi connectivity index (χ4v) is 16.0. The van der Waals surface area contributed by atoms with Gasteiger partial charge in [-0.2, -0.15) is 13.2 Å². The number of aliphatic hydroxyl groups is 3. The monoisotopic (exact) mass is 1620 g/mol. The molecule has 3 saturated heterocycles. The number of nitrogens with one attached hydrogen (secondary N) is 2. The Morgan fingerprint density at radius 1 is 0.585 bits per heavy atom. The number of aliphatic hydroxyl groups excluding tert-OH is 3. The van der Waals surface area contributed by atoms with Crippen molar-refractivity contribution in [2.24, 2.45) is 0 Å². The summed E-state index contributed by atoms with van der Waals surface area (Å²) < 4.78 is 90.8. The Labute approximate surface area is 616 Å². The molecular formula is C68H88BrN6O27P3Si. The number of rotatable bonds is 25. The minimum Gasteiger partial charge on any atom is -0.443 e. The smallest absolute Gasteiger partial charge is 0.443 e. The van der Waals surface area contributed by atoms with Gasteiger partial charge >= 0.3 is 46.6 Å². The highest BCUT2D eigenvalue weighted by molar-refractivity contribution is 9.08. The van der Waals surface area contributed by atoms with Crippen molar-refractivity contribution < 1.29 is 99.4 Å². The number of aromatic amines is 2. The summed E-state index contributed by atoms with van der Waals surface area (Å²) in [5.74, 6) is 0. The van der Waals surface area contributed by atoms with E-state index in [1.807, 2.05) is 116 Å². The van der Waals surface area contributed by atoms with Crippen LogP contribution in [-0.4, -0.2) is 133 Å². The van der Waals surface area contributed by atoms with Gasteiger partial charge in [-0.15, -0.1) is 0 Å². The van der Waals surface area contributed by atoms with Crippen LogP contribution in [0.4, 0.5) is 4.79 Å². The van der Waals surface area contributed by atoms with Crippen LogP contribution in [0.1, 0.15) is 121 Å². The predicted molar refractivity (Wildman–Crippen MR) is 389 cm³/mol. The molecule has 3 aromatic heterocycles. The third-order valence-electron chi connectivity index (χ3n) is 17.4. The maximum atomic E-state index is 13.2. The minimum absolute atomic E-state index is 0.00254. The molecule has 6 heterocycles. The second-order valence-electron chi connectivity index (χ2n) is 27.4. The predicted octanol–water partition coefficient (Wildman–Crippen LogP) is 8.25. The van der Waals surface area contributed by atoms with Crippen molar-refractivity contribution in [1.29, 1.82) is 0 Å². The van der Waals surface area contributed by atoms with Crippen LogP contribution in [-0.2, 0) is 91.4 Å². The second kappa shape index (κ2) is 36.1. The van der Waals surface area contributed by atoms with Gasteiger partial charge in [0.05, 0.1) is 75.2 Å². The molecular weight excluding hydrogens is 1530 g/mol. The molecule has 0 bridgehead atoms. The van der Waals surface area contributed by atoms with Crippen molar-refractivity contribution in [1.82, 2.24) is 28.2 Å². The van der Waals surface area contributed by atoms with Crippen LogP contribution < -0.4 is 33.7 Å². The lowest BCUT2D eigenvalue weighted by Crippen LogP contribution is -2.47. The molecule has 0 saturated carbocycles. The number of aromatic nitrogens is 6. The summed E-state index contributed by atoms with van der Waals surface area (Å²) in [4.78, 5) is 129. The Balaban J connectivity index is 0.000000205. The highest BCUT2D eigenvalue weighted by Crippen LogP contribution is 2.66. The van der Waals surface area contributed by atoms with Crippen LogP contribution >= 0.6 is 39.4 Å². The lowest BCUT2D eigenvalue weighted by atomic mass is 10.0. The lowest BCUT2D eigenvalue weighted by Gasteiger charge is -2.39. The fraction of sp³-hybridized carbons (Fsp3) is 0.456. The number of phosphoric ester groups is 1. The van der Waals surface area contributed by atoms with Crippen LogP contribution in [0.25, 0.3) is 22.3 Å². The Morgan fingerprint density at radius 3 is 1.46 bits per heavy atom. The molecule has 7 aromatic rings. The zero-order valence-corrected chi connectivity index (χ0v) is 64.7. The average Bonchev–Trinajstić information content (AvgIpc) is 1.51. The van der Waals surface area contributed by atoms with Gasteiger partial charge in [-0.25, -0.2) is 32.9 Å². The molecule has 3 aliphatic heterocycles. The highest BCUT2D eigenvalue weighted by atomic mass is 79.9. The van der Waals surface area contributed by atoms with E-state index in [1.54, 1.807) is 20.8 Å². The molecule has 38 heteroatoms. The molecule has 3 aliphatic rings. The first-order valence-electron chi connectivity index (χ1n) is 33.4. The van der Waals surface area contributed by atoms with Crippen molar-refractivity contribution >= 4 is 53.8 Å². The van der Waals surface area contributed by atoms with Crippen LogP contribution in [0.15, 0.2) is 157 Å². The van der Waals surface area contributed by atoms with Crippen molar-refractivity contribution in [2.75, 3.05) is 13.2 Å². The van der Waals surface area contributed by atoms with E-state index in [0.717, 1.165) is 44.4 Å². The summed E-state index contributed by atoms with van der Waals surface area (Å²) in [5.41, 5.74) is 1.39. The number of hydrogen-bond acceptors (Lipinski definition) is 23. The number of alkyl halides is 1. The highest BCUT2D eigenvalue weighted by Gasteiger charge is 2.46. The first kappa shape index (κ1) is 84.8. The fourth-order valence-electron chi connectivity index (χ4n) is 11.2. The zero-order valence-electron chi connectivity index (χ0n) is 59.4. The van der Waals surface area contributed by atoms with Crippen LogP contribution in [0.3, 0.4) is 0 Å². The van der Waals surface area contributed by atoms with Gasteiger partial charge < -0.3 is 67.7 Å². The zero-order chi connectivity index (χ0) is 77.9. The number of ether oxygens (including phenoxy) is 6. The Kier molecular flexibility index (Phi) is 28.9. The first-order chi connectivity index (χ1) is 49.7. The average molecular weight is 1620 g/mol. The molecule has 0 amide bonds. The quantitative estimate of drug-likeness (QED) is 0.0148. The normalized spacial score (nSPS) is 21.6. The second-order valence-corrected chi connectivity index (χ2v) is 37.1. The van der Waals surface area contributed by atoms with E-state index < -0.39 is 127 Å². The number of benzene rings is 4. The summed E-state index contributed by atoms with van der Waals surface area (Å²) in [6, 6.07) is 35.0. The number of carbonyl (C=O) groups is 1. The van der Waals surface area contributed by atoms with E-state index in [1.165, 1.54) is 27.7 Å². The third-order valence-corrected chi connectivity index (χ3v) is 26.3. The van der Waals surface area contributed by atoms with E-state index >= 15 is 0 Å². The van der Waals surface area contributed by atoms with Gasteiger partial charge in [-0.1, -0.05) is 153 Å². The molecule has 4 aromatic carbocycles. The van der Waals surface area contributed by atoms with E-state index in [9.17, 15) is 72.4 Å². The molecule has 10 rings (SSSR count). The van der Waals surface area contributed by atoms with Crippen molar-refractivity contribution in [2.45, 2.75) is 185 Å². The van der Waals surface area contributed by atoms with E-state index in [0.29, 0.717) is 11.0 Å². The van der Waals surface area contributed by atoms with Gasteiger partial charge in [0, 0.05) is 48.7 Å². The molecule has 0 aliphatic carbocycles. The molecule has 3 fully saturated rings. The van der Waals surface area contributed by atoms with E-state index in [2.05, 4.69) is 72.9 Å². The largest absolute Gasteiger partial charge is 0.490 e. The molecule has 5 unspecified atom stereocenters. The molecule has 11 atom stereocenters. The number of phosphoric acid groups is 3. The maximum absolute atomic E-state index is 13.2. The maximum Gasteiger partial charge on any atom is 0.490 e. The Hall–Kier alpha value is -6.86. The minimum atomic E-state index is -5.73. The molecule has 578 valence electrons. The Bertz CT molecular complexity index is 4710. The molecule has 9 N–H and O–H groups in total. The van der Waals surface area contributed by atoms with Crippen LogP contribution in [0.5, 0.6) is 0 Å². The Morgan fingerprint density at radius 2 is 1.02 bits per heavy atom. The lowest BCUT2D eigenvalue weighted by molar-refractivity contribution is -0.0461. The SMILES string of the molecule is CC[C@H]1O[C@@H](n2cc(CBr)c(=O)n(C(=O)OC(C)(C)C)c2=O)CC1O[Si](C)(C)C(C)(C)C.O=c1[nH]c(=O)n([C@H]2CC(O)[C@@H](CO)O2)cc1COCc1ccccc1-c1ccccc1.O=c1[nH]c(=O)n([C@H]2CC(O)[C@@H](COP(=O)(O)OP(=O)(O)OP(=O)(O)O)O2)cc1COCc1ccccc1-c1ccccc1. The van der Waals surface area contributed by atoms with E-state index in [-0.39, 0.29) is 85.1 Å². The first-order valence-corrected chi connectivity index (χ1v) is 41.9. The van der Waals surface area contributed by atoms with Gasteiger partial charge in [-0.3, -0.25) is 42.6 Å². The van der Waals surface area contributed by atoms with Gasteiger partial charge in [0.25, 0.3) is 16.7 Å². The van der Waals surface area contributed by atoms with Crippen LogP contribution in [0.2, 0.25) is 18.1 Å². The van der Waals surface area contributed by atoms with Crippen molar-refractivity contribution in [3.05, 3.63) is 218 Å². The molecule has 0 radical (unpaired) electrons. The van der Waals surface area contributed by atoms with Crippen LogP contribution in [0, 0.1) is 0 Å². The van der Waals surface area contributed by atoms with Gasteiger partial charge in [-0.05, 0) is 78.7 Å². The summed E-state index contributed by atoms with van der Waals surface area (Å²) in [6.07, 6.45) is -3.22.